The summed E-state index contributed by atoms with van der Waals surface area (Å²) in [6.07, 6.45) is -5.97. The van der Waals surface area contributed by atoms with Crippen LogP contribution in [0.3, 0.4) is 0 Å². The molecule has 0 saturated carbocycles. The first-order valence-corrected chi connectivity index (χ1v) is 11.9. The highest BCUT2D eigenvalue weighted by molar-refractivity contribution is 6.30. The monoisotopic (exact) mass is 582 g/mol. The van der Waals surface area contributed by atoms with E-state index in [0.29, 0.717) is 9.59 Å². The molecule has 0 fully saturated rings. The molecule has 1 aromatic carbocycles. The number of nitrogens with zero attached hydrogens (tertiary/aromatic N) is 8. The van der Waals surface area contributed by atoms with Crippen LogP contribution in [0.25, 0.3) is 17.2 Å². The highest BCUT2D eigenvalue weighted by Crippen LogP contribution is 2.25. The van der Waals surface area contributed by atoms with Gasteiger partial charge >= 0.3 is 17.8 Å². The van der Waals surface area contributed by atoms with Gasteiger partial charge in [-0.2, -0.15) is 17.9 Å². The van der Waals surface area contributed by atoms with Crippen molar-refractivity contribution in [1.29, 1.82) is 0 Å². The Morgan fingerprint density at radius 2 is 1.82 bits per heavy atom. The Morgan fingerprint density at radius 3 is 2.45 bits per heavy atom. The lowest BCUT2D eigenvalue weighted by Crippen LogP contribution is -2.37. The van der Waals surface area contributed by atoms with Crippen LogP contribution in [0.4, 0.5) is 13.2 Å². The summed E-state index contributed by atoms with van der Waals surface area (Å²) in [5, 5.41) is 18.6. The molecule has 0 aliphatic carbocycles. The van der Waals surface area contributed by atoms with Gasteiger partial charge in [0.05, 0.1) is 13.7 Å². The van der Waals surface area contributed by atoms with Gasteiger partial charge in [0, 0.05) is 29.9 Å². The summed E-state index contributed by atoms with van der Waals surface area (Å²) in [5.74, 6) is -0.489. The number of ether oxygens (including phenoxy) is 2. The number of hydrogen-bond acceptors (Lipinski definition) is 10. The zero-order valence-electron chi connectivity index (χ0n) is 21.2. The summed E-state index contributed by atoms with van der Waals surface area (Å²) in [7, 11) is 1.36. The minimum Gasteiger partial charge on any atom is -0.478 e. The molecule has 4 rings (SSSR count). The van der Waals surface area contributed by atoms with E-state index in [1.807, 2.05) is 0 Å². The number of halogens is 4. The zero-order chi connectivity index (χ0) is 29.2. The average Bonchev–Trinajstić information content (AvgIpc) is 3.45. The van der Waals surface area contributed by atoms with Gasteiger partial charge in [-0.25, -0.2) is 24.4 Å². The number of hydrogen-bond donors (Lipinski definition) is 1. The first kappa shape index (κ1) is 28.7. The molecule has 3 aromatic heterocycles. The van der Waals surface area contributed by atoms with Gasteiger partial charge in [-0.1, -0.05) is 11.6 Å². The number of esters is 1. The minimum absolute atomic E-state index is 0.0208. The largest absolute Gasteiger partial charge is 0.478 e. The average molecular weight is 583 g/mol. The molecule has 13 nitrogen and oxygen atoms in total. The van der Waals surface area contributed by atoms with E-state index in [1.54, 1.807) is 0 Å². The molecule has 0 aliphatic heterocycles. The standard InChI is InChI=1S/C23H22ClF3N8O5/c1-12(40-13(2)36)18-30-17(31-35(18)20-21(39-3)29-9-8-28-20)11-34-22(38)33(10-16(37)23(25,26)27)19(32-34)14-4-6-15(24)7-5-14/h4-9,12,16,37H,10-11H2,1-3H3/t12?,16-/m0/s1. The summed E-state index contributed by atoms with van der Waals surface area (Å²) in [5.41, 5.74) is -0.683. The fraction of sp³-hybridized carbons (Fsp3) is 0.348. The van der Waals surface area contributed by atoms with E-state index in [0.717, 1.165) is 4.68 Å². The molecule has 212 valence electrons. The first-order chi connectivity index (χ1) is 18.9. The summed E-state index contributed by atoms with van der Waals surface area (Å²) >= 11 is 5.92. The highest BCUT2D eigenvalue weighted by Gasteiger charge is 2.39. The number of aliphatic hydroxyl groups excluding tert-OH is 1. The molecule has 0 radical (unpaired) electrons. The van der Waals surface area contributed by atoms with Gasteiger partial charge in [0.15, 0.2) is 29.7 Å². The molecule has 1 N–H and O–H groups in total. The SMILES string of the molecule is COc1nccnc1-n1nc(Cn2nc(-c3ccc(Cl)cc3)n(C[C@H](O)C(F)(F)F)c2=O)nc1C(C)OC(C)=O. The molecular weight excluding hydrogens is 561 g/mol. The minimum atomic E-state index is -4.98. The van der Waals surface area contributed by atoms with Crippen molar-refractivity contribution in [2.75, 3.05) is 7.11 Å². The van der Waals surface area contributed by atoms with Crippen LogP contribution in [-0.4, -0.2) is 69.5 Å². The number of carbonyl (C=O) groups excluding carboxylic acids is 1. The third-order valence-corrected chi connectivity index (χ3v) is 5.72. The van der Waals surface area contributed by atoms with Crippen molar-refractivity contribution in [3.63, 3.8) is 0 Å². The summed E-state index contributed by atoms with van der Waals surface area (Å²) in [6.45, 7) is 1.24. The normalized spacial score (nSPS) is 13.2. The van der Waals surface area contributed by atoms with Gasteiger partial charge in [-0.15, -0.1) is 10.2 Å². The van der Waals surface area contributed by atoms with Crippen molar-refractivity contribution in [1.82, 2.24) is 39.1 Å². The van der Waals surface area contributed by atoms with Gasteiger partial charge in [-0.05, 0) is 31.2 Å². The molecule has 40 heavy (non-hydrogen) atoms. The molecule has 3 heterocycles. The molecular formula is C23H22ClF3N8O5. The predicted octanol–water partition coefficient (Wildman–Crippen LogP) is 2.34. The van der Waals surface area contributed by atoms with Crippen molar-refractivity contribution in [3.8, 4) is 23.1 Å². The fourth-order valence-electron chi connectivity index (χ4n) is 3.69. The van der Waals surface area contributed by atoms with Gasteiger partial charge in [-0.3, -0.25) is 9.36 Å². The van der Waals surface area contributed by atoms with E-state index >= 15 is 0 Å². The van der Waals surface area contributed by atoms with E-state index < -0.39 is 43.1 Å². The molecule has 17 heteroatoms. The number of methoxy groups -OCH3 is 1. The van der Waals surface area contributed by atoms with E-state index in [2.05, 4.69) is 25.1 Å². The summed E-state index contributed by atoms with van der Waals surface area (Å²) in [6, 6.07) is 5.89. The molecule has 0 amide bonds. The van der Waals surface area contributed by atoms with Crippen LogP contribution < -0.4 is 10.4 Å². The molecule has 0 saturated heterocycles. The van der Waals surface area contributed by atoms with Gasteiger partial charge in [0.25, 0.3) is 5.88 Å². The Labute approximate surface area is 228 Å². The Hall–Kier alpha value is -4.31. The topological polar surface area (TPSA) is 152 Å². The Morgan fingerprint density at radius 1 is 1.15 bits per heavy atom. The smallest absolute Gasteiger partial charge is 0.416 e. The van der Waals surface area contributed by atoms with Crippen molar-refractivity contribution in [3.05, 3.63) is 63.8 Å². The molecule has 2 atom stereocenters. The third-order valence-electron chi connectivity index (χ3n) is 5.47. The lowest BCUT2D eigenvalue weighted by atomic mass is 10.2. The maximum atomic E-state index is 13.2. The lowest BCUT2D eigenvalue weighted by Gasteiger charge is -2.15. The molecule has 0 bridgehead atoms. The van der Waals surface area contributed by atoms with Crippen LogP contribution in [0.5, 0.6) is 5.88 Å². The van der Waals surface area contributed by atoms with Crippen LogP contribution >= 0.6 is 11.6 Å². The van der Waals surface area contributed by atoms with Crippen LogP contribution in [0.1, 0.15) is 31.6 Å². The van der Waals surface area contributed by atoms with E-state index in [9.17, 15) is 27.9 Å². The van der Waals surface area contributed by atoms with Crippen LogP contribution in [-0.2, 0) is 22.6 Å². The second-order valence-electron chi connectivity index (χ2n) is 8.38. The summed E-state index contributed by atoms with van der Waals surface area (Å²) in [4.78, 5) is 37.5. The second-order valence-corrected chi connectivity index (χ2v) is 8.81. The molecule has 1 unspecified atom stereocenters. The first-order valence-electron chi connectivity index (χ1n) is 11.6. The third kappa shape index (κ3) is 6.12. The number of benzene rings is 1. The number of alkyl halides is 3. The maximum absolute atomic E-state index is 13.2. The zero-order valence-corrected chi connectivity index (χ0v) is 22.0. The van der Waals surface area contributed by atoms with E-state index in [4.69, 9.17) is 21.1 Å². The van der Waals surface area contributed by atoms with Crippen LogP contribution in [0, 0.1) is 0 Å². The van der Waals surface area contributed by atoms with Gasteiger partial charge in [0.2, 0.25) is 5.82 Å². The second kappa shape index (κ2) is 11.4. The van der Waals surface area contributed by atoms with Gasteiger partial charge in [0.1, 0.15) is 6.54 Å². The number of rotatable bonds is 9. The quantitative estimate of drug-likeness (QED) is 0.291. The summed E-state index contributed by atoms with van der Waals surface area (Å²) < 4.78 is 52.7. The van der Waals surface area contributed by atoms with Gasteiger partial charge < -0.3 is 14.6 Å². The molecule has 0 spiro atoms. The fourth-order valence-corrected chi connectivity index (χ4v) is 3.82. The highest BCUT2D eigenvalue weighted by atomic mass is 35.5. The predicted molar refractivity (Wildman–Crippen MR) is 132 cm³/mol. The lowest BCUT2D eigenvalue weighted by molar-refractivity contribution is -0.207. The van der Waals surface area contributed by atoms with E-state index in [-0.39, 0.29) is 34.7 Å². The van der Waals surface area contributed by atoms with Crippen molar-refractivity contribution in [2.45, 2.75) is 45.3 Å². The molecule has 4 aromatic rings. The Balaban J connectivity index is 1.80. The van der Waals surface area contributed by atoms with Crippen molar-refractivity contribution >= 4 is 17.6 Å². The van der Waals surface area contributed by atoms with Crippen molar-refractivity contribution < 1.29 is 32.5 Å². The number of aliphatic hydroxyl groups is 1. The Kier molecular flexibility index (Phi) is 8.20. The number of aromatic nitrogens is 8. The van der Waals surface area contributed by atoms with Crippen molar-refractivity contribution in [2.24, 2.45) is 0 Å². The van der Waals surface area contributed by atoms with E-state index in [1.165, 1.54) is 62.3 Å². The number of carbonyl (C=O) groups is 1. The Bertz CT molecular complexity index is 1570. The molecule has 0 aliphatic rings. The van der Waals surface area contributed by atoms with Crippen LogP contribution in [0.2, 0.25) is 5.02 Å². The maximum Gasteiger partial charge on any atom is 0.416 e. The van der Waals surface area contributed by atoms with Crippen LogP contribution in [0.15, 0.2) is 41.5 Å².